The second kappa shape index (κ2) is 5.13. The number of carbonyl (C=O) groups is 1. The summed E-state index contributed by atoms with van der Waals surface area (Å²) in [7, 11) is 0. The lowest BCUT2D eigenvalue weighted by Crippen LogP contribution is -2.27. The Morgan fingerprint density at radius 2 is 2.21 bits per heavy atom. The molecule has 0 aliphatic carbocycles. The molecule has 0 radical (unpaired) electrons. The summed E-state index contributed by atoms with van der Waals surface area (Å²) in [4.78, 5) is 28.6. The van der Waals surface area contributed by atoms with E-state index in [-0.39, 0.29) is 16.5 Å². The van der Waals surface area contributed by atoms with E-state index in [2.05, 4.69) is 4.98 Å². The van der Waals surface area contributed by atoms with E-state index >= 15 is 0 Å². The maximum atomic E-state index is 12.5. The number of rotatable bonds is 4. The highest BCUT2D eigenvalue weighted by Gasteiger charge is 2.19. The number of aromatic nitrogens is 2. The summed E-state index contributed by atoms with van der Waals surface area (Å²) in [6.07, 6.45) is 0.651. The molecular weight excluding hydrogens is 264 g/mol. The van der Waals surface area contributed by atoms with Gasteiger partial charge in [0.25, 0.3) is 5.56 Å². The molecule has 0 fully saturated rings. The molecule has 0 amide bonds. The van der Waals surface area contributed by atoms with Gasteiger partial charge in [-0.25, -0.2) is 9.78 Å². The molecule has 5 nitrogen and oxygen atoms in total. The summed E-state index contributed by atoms with van der Waals surface area (Å²) in [5.41, 5.74) is -0.188. The van der Waals surface area contributed by atoms with Gasteiger partial charge in [-0.1, -0.05) is 20.8 Å². The molecule has 0 spiro atoms. The quantitative estimate of drug-likeness (QED) is 0.933. The van der Waals surface area contributed by atoms with Gasteiger partial charge < -0.3 is 5.11 Å². The fraction of sp³-hybridized carbons (Fsp3) is 0.462. The van der Waals surface area contributed by atoms with E-state index in [0.717, 1.165) is 0 Å². The molecule has 0 saturated heterocycles. The van der Waals surface area contributed by atoms with Gasteiger partial charge in [0.15, 0.2) is 0 Å². The third-order valence-corrected chi connectivity index (χ3v) is 3.74. The van der Waals surface area contributed by atoms with Crippen molar-refractivity contribution < 1.29 is 9.90 Å². The minimum Gasteiger partial charge on any atom is -0.478 e. The van der Waals surface area contributed by atoms with E-state index in [4.69, 9.17) is 5.11 Å². The first kappa shape index (κ1) is 13.7. The Kier molecular flexibility index (Phi) is 3.71. The minimum atomic E-state index is -1.08. The van der Waals surface area contributed by atoms with Gasteiger partial charge in [0.05, 0.1) is 10.9 Å². The lowest BCUT2D eigenvalue weighted by molar-refractivity contribution is 0.0699. The molecule has 2 rings (SSSR count). The number of aryl methyl sites for hydroxylation is 1. The highest BCUT2D eigenvalue weighted by molar-refractivity contribution is 7.17. The molecule has 0 aliphatic rings. The van der Waals surface area contributed by atoms with Crippen molar-refractivity contribution in [2.75, 3.05) is 0 Å². The number of thiophene rings is 1. The van der Waals surface area contributed by atoms with E-state index < -0.39 is 5.97 Å². The van der Waals surface area contributed by atoms with E-state index in [0.29, 0.717) is 29.5 Å². The Morgan fingerprint density at radius 1 is 1.53 bits per heavy atom. The molecule has 0 aromatic carbocycles. The monoisotopic (exact) mass is 280 g/mol. The summed E-state index contributed by atoms with van der Waals surface area (Å²) in [5.74, 6) is -0.0651. The second-order valence-electron chi connectivity index (χ2n) is 4.83. The average molecular weight is 280 g/mol. The molecule has 2 aromatic heterocycles. The number of hydrogen-bond donors (Lipinski definition) is 1. The van der Waals surface area contributed by atoms with Gasteiger partial charge >= 0.3 is 5.97 Å². The third kappa shape index (κ3) is 2.40. The highest BCUT2D eigenvalue weighted by Crippen LogP contribution is 2.22. The zero-order chi connectivity index (χ0) is 14.2. The maximum absolute atomic E-state index is 12.5. The Morgan fingerprint density at radius 3 is 2.74 bits per heavy atom. The number of carboxylic acid groups (broad SMARTS) is 1. The van der Waals surface area contributed by atoms with Gasteiger partial charge in [-0.2, -0.15) is 0 Å². The Hall–Kier alpha value is -1.69. The first-order valence-electron chi connectivity index (χ1n) is 6.19. The standard InChI is InChI=1S/C13H16N2O3S/c1-4-9-14-11-10(8(6-19-11)13(17)18)12(16)15(9)5-7(2)3/h6-7H,4-5H2,1-3H3,(H,17,18). The van der Waals surface area contributed by atoms with Crippen molar-refractivity contribution in [3.05, 3.63) is 27.1 Å². The molecule has 6 heteroatoms. The summed E-state index contributed by atoms with van der Waals surface area (Å²) in [6.45, 7) is 6.53. The van der Waals surface area contributed by atoms with E-state index in [1.807, 2.05) is 20.8 Å². The maximum Gasteiger partial charge on any atom is 0.337 e. The zero-order valence-corrected chi connectivity index (χ0v) is 12.0. The molecule has 0 atom stereocenters. The van der Waals surface area contributed by atoms with Crippen molar-refractivity contribution >= 4 is 27.5 Å². The smallest absolute Gasteiger partial charge is 0.337 e. The van der Waals surface area contributed by atoms with E-state index in [1.54, 1.807) is 4.57 Å². The molecule has 2 heterocycles. The van der Waals surface area contributed by atoms with Crippen LogP contribution < -0.4 is 5.56 Å². The molecule has 0 aliphatic heterocycles. The fourth-order valence-electron chi connectivity index (χ4n) is 2.05. The SMILES string of the molecule is CCc1nc2scc(C(=O)O)c2c(=O)n1CC(C)C. The van der Waals surface area contributed by atoms with Crippen LogP contribution in [-0.2, 0) is 13.0 Å². The first-order valence-corrected chi connectivity index (χ1v) is 7.07. The van der Waals surface area contributed by atoms with Crippen LogP contribution in [0.15, 0.2) is 10.2 Å². The summed E-state index contributed by atoms with van der Waals surface area (Å²) in [5, 5.41) is 10.8. The van der Waals surface area contributed by atoms with Crippen LogP contribution in [0.2, 0.25) is 0 Å². The Balaban J connectivity index is 2.79. The lowest BCUT2D eigenvalue weighted by atomic mass is 10.2. The molecule has 0 saturated carbocycles. The predicted octanol–water partition coefficient (Wildman–Crippen LogP) is 2.37. The summed E-state index contributed by atoms with van der Waals surface area (Å²) >= 11 is 1.21. The van der Waals surface area contributed by atoms with Crippen molar-refractivity contribution in [1.29, 1.82) is 0 Å². The predicted molar refractivity (Wildman–Crippen MR) is 75.1 cm³/mol. The lowest BCUT2D eigenvalue weighted by Gasteiger charge is -2.13. The zero-order valence-electron chi connectivity index (χ0n) is 11.1. The fourth-order valence-corrected chi connectivity index (χ4v) is 2.97. The van der Waals surface area contributed by atoms with Gasteiger partial charge in [0, 0.05) is 18.3 Å². The molecule has 0 bridgehead atoms. The molecule has 19 heavy (non-hydrogen) atoms. The van der Waals surface area contributed by atoms with Crippen molar-refractivity contribution in [2.24, 2.45) is 5.92 Å². The average Bonchev–Trinajstić information content (AvgIpc) is 2.76. The van der Waals surface area contributed by atoms with Crippen LogP contribution in [0.5, 0.6) is 0 Å². The van der Waals surface area contributed by atoms with Gasteiger partial charge in [0.1, 0.15) is 10.7 Å². The topological polar surface area (TPSA) is 72.2 Å². The van der Waals surface area contributed by atoms with Gasteiger partial charge in [-0.3, -0.25) is 9.36 Å². The van der Waals surface area contributed by atoms with Crippen molar-refractivity contribution in [3.63, 3.8) is 0 Å². The van der Waals surface area contributed by atoms with Crippen LogP contribution in [0.3, 0.4) is 0 Å². The van der Waals surface area contributed by atoms with Gasteiger partial charge in [-0.15, -0.1) is 11.3 Å². The van der Waals surface area contributed by atoms with Crippen molar-refractivity contribution in [3.8, 4) is 0 Å². The molecule has 1 N–H and O–H groups in total. The van der Waals surface area contributed by atoms with Crippen LogP contribution in [0.1, 0.15) is 37.0 Å². The number of nitrogens with zero attached hydrogens (tertiary/aromatic N) is 2. The van der Waals surface area contributed by atoms with Crippen molar-refractivity contribution in [1.82, 2.24) is 9.55 Å². The molecule has 2 aromatic rings. The molecule has 102 valence electrons. The number of hydrogen-bond acceptors (Lipinski definition) is 4. The number of carboxylic acids is 1. The minimum absolute atomic E-state index is 0.0534. The van der Waals surface area contributed by atoms with Gasteiger partial charge in [0.2, 0.25) is 0 Å². The van der Waals surface area contributed by atoms with Gasteiger partial charge in [-0.05, 0) is 5.92 Å². The second-order valence-corrected chi connectivity index (χ2v) is 5.68. The van der Waals surface area contributed by atoms with Crippen LogP contribution in [-0.4, -0.2) is 20.6 Å². The molecule has 0 unspecified atom stereocenters. The molecular formula is C13H16N2O3S. The summed E-state index contributed by atoms with van der Waals surface area (Å²) < 4.78 is 1.60. The van der Waals surface area contributed by atoms with Crippen molar-refractivity contribution in [2.45, 2.75) is 33.7 Å². The van der Waals surface area contributed by atoms with Crippen LogP contribution in [0, 0.1) is 5.92 Å². The Bertz CT molecular complexity index is 685. The van der Waals surface area contributed by atoms with Crippen LogP contribution >= 0.6 is 11.3 Å². The first-order chi connectivity index (χ1) is 8.95. The van der Waals surface area contributed by atoms with Crippen LogP contribution in [0.25, 0.3) is 10.2 Å². The number of fused-ring (bicyclic) bond motifs is 1. The van der Waals surface area contributed by atoms with E-state index in [9.17, 15) is 9.59 Å². The highest BCUT2D eigenvalue weighted by atomic mass is 32.1. The van der Waals surface area contributed by atoms with Crippen LogP contribution in [0.4, 0.5) is 0 Å². The Labute approximate surface area is 114 Å². The number of aromatic carboxylic acids is 1. The largest absolute Gasteiger partial charge is 0.478 e. The summed E-state index contributed by atoms with van der Waals surface area (Å²) in [6, 6.07) is 0. The normalized spacial score (nSPS) is 11.4. The third-order valence-electron chi connectivity index (χ3n) is 2.87. The van der Waals surface area contributed by atoms with E-state index in [1.165, 1.54) is 16.7 Å².